The SMILES string of the molecule is CC(C)(C)CCNC(=O)CN(N)C(C)(C)C. The minimum Gasteiger partial charge on any atom is -0.355 e. The van der Waals surface area contributed by atoms with Gasteiger partial charge in [-0.2, -0.15) is 0 Å². The van der Waals surface area contributed by atoms with Crippen LogP contribution in [0.1, 0.15) is 48.0 Å². The van der Waals surface area contributed by atoms with Gasteiger partial charge in [-0.05, 0) is 32.6 Å². The van der Waals surface area contributed by atoms with Gasteiger partial charge >= 0.3 is 0 Å². The van der Waals surface area contributed by atoms with Crippen molar-refractivity contribution in [2.24, 2.45) is 11.3 Å². The molecule has 0 heterocycles. The number of amides is 1. The Balaban J connectivity index is 3.84. The van der Waals surface area contributed by atoms with E-state index in [1.165, 1.54) is 0 Å². The molecule has 0 spiro atoms. The molecule has 0 rings (SSSR count). The topological polar surface area (TPSA) is 58.4 Å². The van der Waals surface area contributed by atoms with Crippen LogP contribution < -0.4 is 11.2 Å². The Kier molecular flexibility index (Phi) is 5.42. The molecule has 0 unspecified atom stereocenters. The lowest BCUT2D eigenvalue weighted by Crippen LogP contribution is -2.51. The molecule has 0 aliphatic rings. The third-order valence-corrected chi connectivity index (χ3v) is 2.37. The summed E-state index contributed by atoms with van der Waals surface area (Å²) in [7, 11) is 0. The highest BCUT2D eigenvalue weighted by atomic mass is 16.2. The second-order valence-electron chi connectivity index (χ2n) is 6.46. The van der Waals surface area contributed by atoms with Crippen LogP contribution in [0.5, 0.6) is 0 Å². The second kappa shape index (κ2) is 5.64. The molecule has 0 aliphatic carbocycles. The number of nitrogens with one attached hydrogen (secondary N) is 1. The van der Waals surface area contributed by atoms with Gasteiger partial charge in [0.15, 0.2) is 0 Å². The van der Waals surface area contributed by atoms with Crippen LogP contribution in [0, 0.1) is 5.41 Å². The highest BCUT2D eigenvalue weighted by molar-refractivity contribution is 5.77. The zero-order valence-electron chi connectivity index (χ0n) is 11.6. The quantitative estimate of drug-likeness (QED) is 0.567. The monoisotopic (exact) mass is 229 g/mol. The number of carbonyl (C=O) groups is 1. The van der Waals surface area contributed by atoms with E-state index in [4.69, 9.17) is 5.84 Å². The summed E-state index contributed by atoms with van der Waals surface area (Å²) < 4.78 is 0. The van der Waals surface area contributed by atoms with Crippen LogP contribution in [0.15, 0.2) is 0 Å². The summed E-state index contributed by atoms with van der Waals surface area (Å²) >= 11 is 0. The molecular weight excluding hydrogens is 202 g/mol. The summed E-state index contributed by atoms with van der Waals surface area (Å²) in [5.41, 5.74) is 0.0705. The third kappa shape index (κ3) is 7.65. The molecule has 16 heavy (non-hydrogen) atoms. The van der Waals surface area contributed by atoms with E-state index in [-0.39, 0.29) is 23.4 Å². The van der Waals surface area contributed by atoms with E-state index in [1.807, 2.05) is 20.8 Å². The lowest BCUT2D eigenvalue weighted by atomic mass is 9.92. The predicted molar refractivity (Wildman–Crippen MR) is 67.7 cm³/mol. The predicted octanol–water partition coefficient (Wildman–Crippen LogP) is 1.51. The smallest absolute Gasteiger partial charge is 0.235 e. The highest BCUT2D eigenvalue weighted by Crippen LogP contribution is 2.16. The summed E-state index contributed by atoms with van der Waals surface area (Å²) in [6.07, 6.45) is 0.971. The average Bonchev–Trinajstić information content (AvgIpc) is 1.99. The molecule has 0 aromatic carbocycles. The van der Waals surface area contributed by atoms with Crippen molar-refractivity contribution in [2.45, 2.75) is 53.5 Å². The first kappa shape index (κ1) is 15.4. The summed E-state index contributed by atoms with van der Waals surface area (Å²) in [5.74, 6) is 5.77. The van der Waals surface area contributed by atoms with Gasteiger partial charge in [-0.25, -0.2) is 5.01 Å². The molecule has 1 amide bonds. The Bertz CT molecular complexity index is 225. The molecule has 0 radical (unpaired) electrons. The van der Waals surface area contributed by atoms with Crippen molar-refractivity contribution in [1.82, 2.24) is 10.3 Å². The summed E-state index contributed by atoms with van der Waals surface area (Å²) in [6, 6.07) is 0. The number of hydrogen-bond acceptors (Lipinski definition) is 3. The first-order chi connectivity index (χ1) is 7.02. The third-order valence-electron chi connectivity index (χ3n) is 2.37. The minimum atomic E-state index is -0.179. The Hall–Kier alpha value is -0.610. The molecule has 4 nitrogen and oxygen atoms in total. The van der Waals surface area contributed by atoms with E-state index in [0.29, 0.717) is 6.54 Å². The zero-order chi connectivity index (χ0) is 13.0. The average molecular weight is 229 g/mol. The van der Waals surface area contributed by atoms with Crippen molar-refractivity contribution in [3.8, 4) is 0 Å². The Morgan fingerprint density at radius 2 is 1.69 bits per heavy atom. The number of nitrogens with zero attached hydrogens (tertiary/aromatic N) is 1. The van der Waals surface area contributed by atoms with Gasteiger partial charge in [0, 0.05) is 12.1 Å². The molecule has 0 fully saturated rings. The number of nitrogens with two attached hydrogens (primary N) is 1. The van der Waals surface area contributed by atoms with Crippen LogP contribution in [0.2, 0.25) is 0 Å². The zero-order valence-corrected chi connectivity index (χ0v) is 11.6. The van der Waals surface area contributed by atoms with E-state index >= 15 is 0 Å². The van der Waals surface area contributed by atoms with Crippen LogP contribution in [0.3, 0.4) is 0 Å². The van der Waals surface area contributed by atoms with Crippen molar-refractivity contribution < 1.29 is 4.79 Å². The van der Waals surface area contributed by atoms with Gasteiger partial charge in [-0.3, -0.25) is 10.6 Å². The largest absolute Gasteiger partial charge is 0.355 e. The van der Waals surface area contributed by atoms with Crippen molar-refractivity contribution >= 4 is 5.91 Å². The fraction of sp³-hybridized carbons (Fsp3) is 0.917. The van der Waals surface area contributed by atoms with E-state index in [9.17, 15) is 4.79 Å². The Morgan fingerprint density at radius 1 is 1.19 bits per heavy atom. The van der Waals surface area contributed by atoms with E-state index in [2.05, 4.69) is 26.1 Å². The number of hydrazine groups is 1. The second-order valence-corrected chi connectivity index (χ2v) is 6.46. The number of carbonyl (C=O) groups excluding carboxylic acids is 1. The molecule has 0 bridgehead atoms. The van der Waals surface area contributed by atoms with Crippen LogP contribution >= 0.6 is 0 Å². The fourth-order valence-electron chi connectivity index (χ4n) is 1.02. The van der Waals surface area contributed by atoms with Crippen molar-refractivity contribution in [1.29, 1.82) is 0 Å². The van der Waals surface area contributed by atoms with Gasteiger partial charge in [-0.1, -0.05) is 20.8 Å². The van der Waals surface area contributed by atoms with Crippen molar-refractivity contribution in [2.75, 3.05) is 13.1 Å². The standard InChI is InChI=1S/C12H27N3O/c1-11(2,3)7-8-14-10(16)9-15(13)12(4,5)6/h7-9,13H2,1-6H3,(H,14,16). The maximum absolute atomic E-state index is 11.6. The van der Waals surface area contributed by atoms with E-state index in [0.717, 1.165) is 6.42 Å². The molecule has 0 aromatic heterocycles. The Morgan fingerprint density at radius 3 is 2.06 bits per heavy atom. The molecule has 4 heteroatoms. The van der Waals surface area contributed by atoms with Crippen molar-refractivity contribution in [3.05, 3.63) is 0 Å². The van der Waals surface area contributed by atoms with Gasteiger partial charge in [0.25, 0.3) is 0 Å². The molecule has 0 atom stereocenters. The Labute approximate surface area is 99.5 Å². The molecular formula is C12H27N3O. The van der Waals surface area contributed by atoms with Gasteiger partial charge in [0.05, 0.1) is 6.54 Å². The van der Waals surface area contributed by atoms with Crippen LogP contribution in [-0.4, -0.2) is 29.5 Å². The lowest BCUT2D eigenvalue weighted by Gasteiger charge is -2.30. The van der Waals surface area contributed by atoms with E-state index < -0.39 is 0 Å². The molecule has 3 N–H and O–H groups in total. The maximum atomic E-state index is 11.6. The molecule has 0 saturated heterocycles. The summed E-state index contributed by atoms with van der Waals surface area (Å²) in [5, 5.41) is 4.44. The molecule has 96 valence electrons. The number of hydrogen-bond donors (Lipinski definition) is 2. The van der Waals surface area contributed by atoms with Crippen molar-refractivity contribution in [3.63, 3.8) is 0 Å². The maximum Gasteiger partial charge on any atom is 0.235 e. The molecule has 0 saturated carbocycles. The summed E-state index contributed by atoms with van der Waals surface area (Å²) in [4.78, 5) is 11.6. The van der Waals surface area contributed by atoms with Gasteiger partial charge in [0.2, 0.25) is 5.91 Å². The first-order valence-electron chi connectivity index (χ1n) is 5.81. The molecule has 0 aromatic rings. The fourth-order valence-corrected chi connectivity index (χ4v) is 1.02. The highest BCUT2D eigenvalue weighted by Gasteiger charge is 2.20. The van der Waals surface area contributed by atoms with Crippen LogP contribution in [0.25, 0.3) is 0 Å². The van der Waals surface area contributed by atoms with Crippen LogP contribution in [-0.2, 0) is 4.79 Å². The lowest BCUT2D eigenvalue weighted by molar-refractivity contribution is -0.123. The minimum absolute atomic E-state index is 0.0123. The van der Waals surface area contributed by atoms with E-state index in [1.54, 1.807) is 5.01 Å². The van der Waals surface area contributed by atoms with Crippen LogP contribution in [0.4, 0.5) is 0 Å². The summed E-state index contributed by atoms with van der Waals surface area (Å²) in [6.45, 7) is 13.4. The first-order valence-corrected chi connectivity index (χ1v) is 5.81. The normalized spacial score (nSPS) is 13.0. The van der Waals surface area contributed by atoms with Gasteiger partial charge in [-0.15, -0.1) is 0 Å². The molecule has 0 aliphatic heterocycles. The van der Waals surface area contributed by atoms with Gasteiger partial charge in [0.1, 0.15) is 0 Å². The van der Waals surface area contributed by atoms with Gasteiger partial charge < -0.3 is 5.32 Å². The number of rotatable bonds is 4.